The van der Waals surface area contributed by atoms with Gasteiger partial charge in [0.1, 0.15) is 0 Å². The van der Waals surface area contributed by atoms with Gasteiger partial charge in [0.2, 0.25) is 0 Å². The number of likely N-dealkylation sites (tertiary alicyclic amines) is 1. The van der Waals surface area contributed by atoms with Crippen LogP contribution in [0.25, 0.3) is 0 Å². The summed E-state index contributed by atoms with van der Waals surface area (Å²) in [4.78, 5) is 9.57. The Morgan fingerprint density at radius 1 is 0.971 bits per heavy atom. The maximum absolute atomic E-state index is 5.50. The highest BCUT2D eigenvalue weighted by Gasteiger charge is 2.26. The van der Waals surface area contributed by atoms with Crippen LogP contribution in [-0.4, -0.2) is 67.7 Å². The second kappa shape index (κ2) is 14.0. The number of hydrogen-bond acceptors (Lipinski definition) is 4. The molecule has 2 heterocycles. The summed E-state index contributed by atoms with van der Waals surface area (Å²) >= 11 is 0. The van der Waals surface area contributed by atoms with Gasteiger partial charge >= 0.3 is 0 Å². The van der Waals surface area contributed by atoms with Gasteiger partial charge in [-0.3, -0.25) is 14.8 Å². The predicted molar refractivity (Wildman–Crippen MR) is 151 cm³/mol. The van der Waals surface area contributed by atoms with Gasteiger partial charge in [-0.25, -0.2) is 0 Å². The summed E-state index contributed by atoms with van der Waals surface area (Å²) in [6, 6.07) is 20.5. The van der Waals surface area contributed by atoms with Gasteiger partial charge in [0.15, 0.2) is 5.96 Å². The van der Waals surface area contributed by atoms with Gasteiger partial charge in [0, 0.05) is 58.4 Å². The third-order valence-corrected chi connectivity index (χ3v) is 6.87. The molecule has 2 aromatic carbocycles. The number of morpholine rings is 1. The lowest BCUT2D eigenvalue weighted by atomic mass is 9.97. The topological polar surface area (TPSA) is 52.1 Å². The predicted octanol–water partition coefficient (Wildman–Crippen LogP) is 3.85. The average Bonchev–Trinajstić information content (AvgIpc) is 2.85. The molecule has 4 rings (SSSR count). The Hall–Kier alpha value is -1.68. The summed E-state index contributed by atoms with van der Waals surface area (Å²) in [5, 5.41) is 7.24. The molecule has 0 saturated carbocycles. The van der Waals surface area contributed by atoms with Gasteiger partial charge in [0.05, 0.1) is 13.2 Å². The summed E-state index contributed by atoms with van der Waals surface area (Å²) in [6.07, 6.45) is 2.26. The Bertz CT molecular complexity index is 888. The van der Waals surface area contributed by atoms with Gasteiger partial charge in [0.25, 0.3) is 0 Å². The van der Waals surface area contributed by atoms with Crippen LogP contribution in [0.4, 0.5) is 0 Å². The minimum atomic E-state index is 0. The van der Waals surface area contributed by atoms with Crippen LogP contribution in [0.5, 0.6) is 0 Å². The van der Waals surface area contributed by atoms with E-state index in [2.05, 4.69) is 86.9 Å². The van der Waals surface area contributed by atoms with Crippen molar-refractivity contribution in [3.63, 3.8) is 0 Å². The largest absolute Gasteiger partial charge is 0.379 e. The van der Waals surface area contributed by atoms with E-state index in [4.69, 9.17) is 4.74 Å². The quantitative estimate of drug-likeness (QED) is 0.298. The highest BCUT2D eigenvalue weighted by molar-refractivity contribution is 14.0. The first kappa shape index (κ1) is 26.9. The van der Waals surface area contributed by atoms with Gasteiger partial charge in [-0.05, 0) is 36.5 Å². The molecule has 2 atom stereocenters. The zero-order valence-corrected chi connectivity index (χ0v) is 22.9. The molecule has 6 nitrogen and oxygen atoms in total. The Labute approximate surface area is 222 Å². The van der Waals surface area contributed by atoms with Crippen LogP contribution < -0.4 is 10.6 Å². The summed E-state index contributed by atoms with van der Waals surface area (Å²) in [6.45, 7) is 9.91. The summed E-state index contributed by atoms with van der Waals surface area (Å²) in [5.74, 6) is 0.893. The van der Waals surface area contributed by atoms with Crippen LogP contribution in [0.3, 0.4) is 0 Å². The second-order valence-corrected chi connectivity index (χ2v) is 9.25. The molecule has 186 valence electrons. The number of aliphatic imine (C=N–C) groups is 1. The Kier molecular flexibility index (Phi) is 11.1. The van der Waals surface area contributed by atoms with Crippen LogP contribution in [0, 0.1) is 0 Å². The summed E-state index contributed by atoms with van der Waals surface area (Å²) < 4.78 is 5.50. The fraction of sp³-hybridized carbons (Fsp3) is 0.519. The van der Waals surface area contributed by atoms with Crippen molar-refractivity contribution in [1.29, 1.82) is 0 Å². The van der Waals surface area contributed by atoms with Crippen molar-refractivity contribution in [3.05, 3.63) is 71.3 Å². The number of guanidine groups is 1. The molecule has 2 aliphatic rings. The standard InChI is InChI=1S/C27H39N5O.HI/c1-22-18-26(12-13-32(22)20-23-8-4-3-5-9-23)30-27(28-2)29-19-24-10-6-7-11-25(24)21-31-14-16-33-17-15-31;/h3-11,22,26H,12-21H2,1-2H3,(H2,28,29,30);1H. The molecular formula is C27H40IN5O. The lowest BCUT2D eigenvalue weighted by Crippen LogP contribution is -2.51. The van der Waals surface area contributed by atoms with E-state index >= 15 is 0 Å². The molecule has 2 saturated heterocycles. The van der Waals surface area contributed by atoms with Crippen molar-refractivity contribution in [2.45, 2.75) is 51.5 Å². The first-order valence-corrected chi connectivity index (χ1v) is 12.3. The molecule has 0 spiro atoms. The normalized spacial score (nSPS) is 22.1. The zero-order chi connectivity index (χ0) is 22.9. The fourth-order valence-electron chi connectivity index (χ4n) is 4.86. The van der Waals surface area contributed by atoms with Crippen LogP contribution in [-0.2, 0) is 24.4 Å². The fourth-order valence-corrected chi connectivity index (χ4v) is 4.86. The minimum absolute atomic E-state index is 0. The highest BCUT2D eigenvalue weighted by atomic mass is 127. The molecule has 0 amide bonds. The SMILES string of the molecule is CN=C(NCc1ccccc1CN1CCOCC1)NC1CCN(Cc2ccccc2)C(C)C1.I. The maximum atomic E-state index is 5.50. The van der Waals surface area contributed by atoms with E-state index in [0.29, 0.717) is 12.1 Å². The number of halogens is 1. The molecule has 0 radical (unpaired) electrons. The molecule has 0 bridgehead atoms. The first-order valence-electron chi connectivity index (χ1n) is 12.3. The molecule has 2 aliphatic heterocycles. The smallest absolute Gasteiger partial charge is 0.191 e. The van der Waals surface area contributed by atoms with Crippen molar-refractivity contribution in [2.75, 3.05) is 39.9 Å². The summed E-state index contributed by atoms with van der Waals surface area (Å²) in [5.41, 5.74) is 4.10. The molecule has 0 aliphatic carbocycles. The molecule has 34 heavy (non-hydrogen) atoms. The van der Waals surface area contributed by atoms with Crippen LogP contribution in [0.1, 0.15) is 36.5 Å². The number of nitrogens with one attached hydrogen (secondary N) is 2. The molecule has 2 N–H and O–H groups in total. The molecular weight excluding hydrogens is 537 g/mol. The van der Waals surface area contributed by atoms with E-state index in [1.165, 1.54) is 16.7 Å². The second-order valence-electron chi connectivity index (χ2n) is 9.25. The first-order chi connectivity index (χ1) is 16.2. The van der Waals surface area contributed by atoms with E-state index in [0.717, 1.165) is 71.3 Å². The van der Waals surface area contributed by atoms with E-state index in [9.17, 15) is 0 Å². The molecule has 2 aromatic rings. The lowest BCUT2D eigenvalue weighted by molar-refractivity contribution is 0.0341. The van der Waals surface area contributed by atoms with Gasteiger partial charge in [-0.2, -0.15) is 0 Å². The Balaban J connectivity index is 0.00000324. The molecule has 2 unspecified atom stereocenters. The summed E-state index contributed by atoms with van der Waals surface area (Å²) in [7, 11) is 1.86. The maximum Gasteiger partial charge on any atom is 0.191 e. The van der Waals surface area contributed by atoms with Crippen molar-refractivity contribution < 1.29 is 4.74 Å². The Morgan fingerprint density at radius 2 is 1.68 bits per heavy atom. The van der Waals surface area contributed by atoms with E-state index in [1.54, 1.807) is 0 Å². The number of nitrogens with zero attached hydrogens (tertiary/aromatic N) is 3. The molecule has 2 fully saturated rings. The number of ether oxygens (including phenoxy) is 1. The van der Waals surface area contributed by atoms with E-state index < -0.39 is 0 Å². The van der Waals surface area contributed by atoms with Crippen LogP contribution in [0.2, 0.25) is 0 Å². The van der Waals surface area contributed by atoms with Crippen LogP contribution >= 0.6 is 24.0 Å². The third kappa shape index (κ3) is 7.93. The van der Waals surface area contributed by atoms with E-state index in [1.807, 2.05) is 7.05 Å². The van der Waals surface area contributed by atoms with Crippen LogP contribution in [0.15, 0.2) is 59.6 Å². The Morgan fingerprint density at radius 3 is 2.38 bits per heavy atom. The van der Waals surface area contributed by atoms with Gasteiger partial charge < -0.3 is 15.4 Å². The number of hydrogen-bond donors (Lipinski definition) is 2. The van der Waals surface area contributed by atoms with Crippen molar-refractivity contribution in [3.8, 4) is 0 Å². The van der Waals surface area contributed by atoms with Crippen molar-refractivity contribution in [2.24, 2.45) is 4.99 Å². The van der Waals surface area contributed by atoms with E-state index in [-0.39, 0.29) is 24.0 Å². The monoisotopic (exact) mass is 577 g/mol. The van der Waals surface area contributed by atoms with Gasteiger partial charge in [-0.15, -0.1) is 24.0 Å². The average molecular weight is 578 g/mol. The minimum Gasteiger partial charge on any atom is -0.379 e. The zero-order valence-electron chi connectivity index (χ0n) is 20.6. The van der Waals surface area contributed by atoms with Gasteiger partial charge in [-0.1, -0.05) is 54.6 Å². The third-order valence-electron chi connectivity index (χ3n) is 6.87. The molecule has 0 aromatic heterocycles. The van der Waals surface area contributed by atoms with Crippen molar-refractivity contribution >= 4 is 29.9 Å². The highest BCUT2D eigenvalue weighted by Crippen LogP contribution is 2.20. The number of benzene rings is 2. The van der Waals surface area contributed by atoms with Crippen molar-refractivity contribution in [1.82, 2.24) is 20.4 Å². The number of piperidine rings is 1. The lowest BCUT2D eigenvalue weighted by Gasteiger charge is -2.38. The molecule has 7 heteroatoms. The number of rotatable bonds is 7.